The van der Waals surface area contributed by atoms with Crippen LogP contribution >= 0.6 is 0 Å². The summed E-state index contributed by atoms with van der Waals surface area (Å²) in [6.07, 6.45) is 0.0141. The van der Waals surface area contributed by atoms with Gasteiger partial charge in [0.25, 0.3) is 11.5 Å². The van der Waals surface area contributed by atoms with Gasteiger partial charge in [-0.05, 0) is 37.6 Å². The number of nitrogens with one attached hydrogen (secondary N) is 4. The van der Waals surface area contributed by atoms with E-state index in [1.165, 1.54) is 18.3 Å². The van der Waals surface area contributed by atoms with Crippen molar-refractivity contribution in [1.29, 1.82) is 0 Å². The first-order chi connectivity index (χ1) is 18.9. The number of aromatic nitrogens is 4. The number of nitrogens with two attached hydrogens (primary N) is 1. The number of hydrogen-bond acceptors (Lipinski definition) is 11. The van der Waals surface area contributed by atoms with E-state index in [-0.39, 0.29) is 35.6 Å². The number of carbonyl (C=O) groups is 5. The number of nitrogen functional groups attached to an aromatic ring is 1. The van der Waals surface area contributed by atoms with Crippen LogP contribution in [0.4, 0.5) is 11.6 Å². The number of rotatable bonds is 13. The molecule has 3 rings (SSSR count). The maximum Gasteiger partial charge on any atom is 0.305 e. The Bertz CT molecular complexity index is 1500. The van der Waals surface area contributed by atoms with Crippen LogP contribution in [0.25, 0.3) is 11.2 Å². The molecule has 0 saturated heterocycles. The van der Waals surface area contributed by atoms with Crippen molar-refractivity contribution in [1.82, 2.24) is 30.6 Å². The van der Waals surface area contributed by atoms with Gasteiger partial charge in [-0.1, -0.05) is 0 Å². The number of benzene rings is 1. The van der Waals surface area contributed by atoms with Crippen LogP contribution in [0.5, 0.6) is 0 Å². The summed E-state index contributed by atoms with van der Waals surface area (Å²) in [4.78, 5) is 85.8. The molecule has 2 amide bonds. The summed E-state index contributed by atoms with van der Waals surface area (Å²) in [5.74, 6) is -4.79. The molecular weight excluding hydrogens is 528 g/mol. The van der Waals surface area contributed by atoms with Crippen molar-refractivity contribution in [3.05, 3.63) is 52.1 Å². The van der Waals surface area contributed by atoms with Gasteiger partial charge in [-0.15, -0.1) is 0 Å². The number of fused-ring (bicyclic) bond motifs is 1. The number of amides is 2. The summed E-state index contributed by atoms with van der Waals surface area (Å²) in [7, 11) is 0. The van der Waals surface area contributed by atoms with Gasteiger partial charge in [0.15, 0.2) is 16.9 Å². The summed E-state index contributed by atoms with van der Waals surface area (Å²) in [6.45, 7) is 1.29. The number of aromatic amines is 1. The van der Waals surface area contributed by atoms with E-state index in [9.17, 15) is 28.8 Å². The van der Waals surface area contributed by atoms with Gasteiger partial charge < -0.3 is 31.9 Å². The molecule has 16 heteroatoms. The minimum Gasteiger partial charge on any atom is -0.481 e. The molecule has 2 aromatic heterocycles. The minimum atomic E-state index is -1.34. The number of carboxylic acid groups (broad SMARTS) is 2. The fourth-order valence-electron chi connectivity index (χ4n) is 3.51. The summed E-state index contributed by atoms with van der Waals surface area (Å²) >= 11 is 0. The summed E-state index contributed by atoms with van der Waals surface area (Å²) < 4.78 is 0. The highest BCUT2D eigenvalue weighted by molar-refractivity contribution is 5.99. The molecule has 0 aliphatic rings. The van der Waals surface area contributed by atoms with Crippen molar-refractivity contribution in [2.75, 3.05) is 11.1 Å². The lowest BCUT2D eigenvalue weighted by molar-refractivity contribution is -0.140. The van der Waals surface area contributed by atoms with Crippen molar-refractivity contribution >= 4 is 52.3 Å². The second-order valence-electron chi connectivity index (χ2n) is 8.64. The van der Waals surface area contributed by atoms with E-state index < -0.39 is 60.0 Å². The first-order valence-electron chi connectivity index (χ1n) is 11.8. The SMILES string of the molecule is CC(=O)[C@H](CC(=O)O)NC(=O)[C@H](CCC(=O)O)NC(=O)c1ccc(NCc2cnc3nc(N)[nH]c(=O)c3n2)cc1. The van der Waals surface area contributed by atoms with Crippen LogP contribution in [-0.4, -0.2) is 71.8 Å². The number of aliphatic carboxylic acids is 2. The van der Waals surface area contributed by atoms with Gasteiger partial charge in [-0.3, -0.25) is 33.8 Å². The number of hydrogen-bond donors (Lipinski definition) is 7. The molecule has 0 radical (unpaired) electrons. The van der Waals surface area contributed by atoms with Crippen LogP contribution in [0.15, 0.2) is 35.3 Å². The van der Waals surface area contributed by atoms with E-state index >= 15 is 0 Å². The third kappa shape index (κ3) is 8.04. The quantitative estimate of drug-likeness (QED) is 0.140. The standard InChI is InChI=1S/C24H26N8O8/c1-11(33)16(8-18(36)37)30-22(39)15(6-7-17(34)35)29-21(38)12-2-4-13(5-3-12)26-9-14-10-27-20-19(28-14)23(40)32-24(25)31-20/h2-5,10,15-16,26H,6-9H2,1H3,(H,29,38)(H,30,39)(H,34,35)(H,36,37)(H3,25,27,31,32,40)/t15-,16-/m0/s1. The number of ketones is 1. The summed E-state index contributed by atoms with van der Waals surface area (Å²) in [6, 6.07) is 3.38. The average molecular weight is 555 g/mol. The summed E-state index contributed by atoms with van der Waals surface area (Å²) in [5.41, 5.74) is 6.27. The predicted octanol–water partition coefficient (Wildman–Crippen LogP) is -0.581. The van der Waals surface area contributed by atoms with Crippen molar-refractivity contribution in [2.45, 2.75) is 44.8 Å². The first-order valence-corrected chi connectivity index (χ1v) is 11.8. The molecule has 0 aliphatic heterocycles. The predicted molar refractivity (Wildman–Crippen MR) is 139 cm³/mol. The molecular formula is C24H26N8O8. The second kappa shape index (κ2) is 12.9. The Kier molecular flexibility index (Phi) is 9.40. The van der Waals surface area contributed by atoms with Crippen LogP contribution in [0.2, 0.25) is 0 Å². The van der Waals surface area contributed by atoms with Gasteiger partial charge >= 0.3 is 11.9 Å². The summed E-state index contributed by atoms with van der Waals surface area (Å²) in [5, 5.41) is 25.7. The minimum absolute atomic E-state index is 0.0274. The van der Waals surface area contributed by atoms with Gasteiger partial charge in [-0.2, -0.15) is 4.98 Å². The normalized spacial score (nSPS) is 12.2. The van der Waals surface area contributed by atoms with Gasteiger partial charge in [0.1, 0.15) is 6.04 Å². The highest BCUT2D eigenvalue weighted by atomic mass is 16.4. The largest absolute Gasteiger partial charge is 0.481 e. The van der Waals surface area contributed by atoms with Gasteiger partial charge in [-0.25, -0.2) is 9.97 Å². The molecule has 2 heterocycles. The molecule has 0 unspecified atom stereocenters. The van der Waals surface area contributed by atoms with Gasteiger partial charge in [0, 0.05) is 17.7 Å². The fraction of sp³-hybridized carbons (Fsp3) is 0.292. The number of H-pyrrole nitrogens is 1. The Balaban J connectivity index is 1.65. The number of Topliss-reactive ketones (excluding diaryl/α,β-unsaturated/α-hetero) is 1. The third-order valence-corrected chi connectivity index (χ3v) is 5.56. The van der Waals surface area contributed by atoms with Gasteiger partial charge in [0.2, 0.25) is 11.9 Å². The number of carboxylic acids is 2. The molecule has 1 aromatic carbocycles. The van der Waals surface area contributed by atoms with E-state index in [1.54, 1.807) is 12.1 Å². The first kappa shape index (κ1) is 29.2. The van der Waals surface area contributed by atoms with Crippen LogP contribution in [0, 0.1) is 0 Å². The molecule has 40 heavy (non-hydrogen) atoms. The van der Waals surface area contributed by atoms with Crippen molar-refractivity contribution in [2.24, 2.45) is 0 Å². The zero-order valence-corrected chi connectivity index (χ0v) is 21.1. The molecule has 0 saturated carbocycles. The zero-order valence-electron chi connectivity index (χ0n) is 21.1. The fourth-order valence-corrected chi connectivity index (χ4v) is 3.51. The van der Waals surface area contributed by atoms with Crippen molar-refractivity contribution < 1.29 is 34.2 Å². The molecule has 3 aromatic rings. The lowest BCUT2D eigenvalue weighted by Crippen LogP contribution is -2.51. The van der Waals surface area contributed by atoms with Crippen LogP contribution in [0.3, 0.4) is 0 Å². The van der Waals surface area contributed by atoms with Crippen molar-refractivity contribution in [3.63, 3.8) is 0 Å². The molecule has 0 spiro atoms. The second-order valence-corrected chi connectivity index (χ2v) is 8.64. The highest BCUT2D eigenvalue weighted by Gasteiger charge is 2.27. The molecule has 210 valence electrons. The van der Waals surface area contributed by atoms with E-state index in [4.69, 9.17) is 15.9 Å². The topological polar surface area (TPSA) is 259 Å². The van der Waals surface area contributed by atoms with Gasteiger partial charge in [0.05, 0.1) is 30.9 Å². The van der Waals surface area contributed by atoms with E-state index in [2.05, 4.69) is 35.9 Å². The maximum absolute atomic E-state index is 12.8. The van der Waals surface area contributed by atoms with E-state index in [0.29, 0.717) is 11.4 Å². The zero-order chi connectivity index (χ0) is 29.4. The molecule has 0 aliphatic carbocycles. The molecule has 0 bridgehead atoms. The molecule has 16 nitrogen and oxygen atoms in total. The number of carbonyl (C=O) groups excluding carboxylic acids is 3. The number of anilines is 2. The lowest BCUT2D eigenvalue weighted by atomic mass is 10.1. The van der Waals surface area contributed by atoms with E-state index in [0.717, 1.165) is 6.92 Å². The van der Waals surface area contributed by atoms with E-state index in [1.807, 2.05) is 0 Å². The highest BCUT2D eigenvalue weighted by Crippen LogP contribution is 2.12. The Labute approximate surface area is 225 Å². The average Bonchev–Trinajstić information content (AvgIpc) is 2.89. The van der Waals surface area contributed by atoms with Crippen molar-refractivity contribution in [3.8, 4) is 0 Å². The smallest absolute Gasteiger partial charge is 0.305 e. The lowest BCUT2D eigenvalue weighted by Gasteiger charge is -2.21. The Morgan fingerprint density at radius 2 is 1.70 bits per heavy atom. The monoisotopic (exact) mass is 554 g/mol. The van der Waals surface area contributed by atoms with Crippen LogP contribution in [0.1, 0.15) is 42.2 Å². The third-order valence-electron chi connectivity index (χ3n) is 5.56. The van der Waals surface area contributed by atoms with Crippen LogP contribution in [-0.2, 0) is 25.7 Å². The molecule has 0 fully saturated rings. The maximum atomic E-state index is 12.8. The molecule has 8 N–H and O–H groups in total. The Hall–Kier alpha value is -5.41. The van der Waals surface area contributed by atoms with Crippen LogP contribution < -0.4 is 27.2 Å². The Morgan fingerprint density at radius 3 is 2.33 bits per heavy atom. The number of nitrogens with zero attached hydrogens (tertiary/aromatic N) is 3. The Morgan fingerprint density at radius 1 is 1.00 bits per heavy atom. The molecule has 2 atom stereocenters.